The SMILES string of the molecule is c1ccc(-c2cc(-n3c4c5ccccc5c5ccccc5c4c4c5c6ccccc6sc5c5ccccc5c43)nc(-c3ccccc3)n2)cc1. The summed E-state index contributed by atoms with van der Waals surface area (Å²) in [7, 11) is 0. The second kappa shape index (κ2) is 10.6. The molecule has 4 heteroatoms. The zero-order valence-electron chi connectivity index (χ0n) is 26.8. The Labute approximate surface area is 291 Å². The lowest BCUT2D eigenvalue weighted by Gasteiger charge is -2.14. The molecule has 0 saturated carbocycles. The first-order valence-corrected chi connectivity index (χ1v) is 17.7. The first kappa shape index (κ1) is 27.6. The molecule has 0 aliphatic carbocycles. The van der Waals surface area contributed by atoms with Gasteiger partial charge in [0.05, 0.1) is 16.7 Å². The van der Waals surface area contributed by atoms with Gasteiger partial charge in [-0.2, -0.15) is 0 Å². The van der Waals surface area contributed by atoms with E-state index in [2.05, 4.69) is 162 Å². The number of nitrogens with zero attached hydrogens (tertiary/aromatic N) is 3. The van der Waals surface area contributed by atoms with E-state index in [4.69, 9.17) is 9.97 Å². The van der Waals surface area contributed by atoms with Crippen LogP contribution in [0.15, 0.2) is 164 Å². The van der Waals surface area contributed by atoms with E-state index in [-0.39, 0.29) is 0 Å². The van der Waals surface area contributed by atoms with Crippen molar-refractivity contribution in [3.8, 4) is 28.5 Å². The van der Waals surface area contributed by atoms with Crippen LogP contribution in [0.2, 0.25) is 0 Å². The van der Waals surface area contributed by atoms with Gasteiger partial charge in [-0.25, -0.2) is 9.97 Å². The molecule has 50 heavy (non-hydrogen) atoms. The van der Waals surface area contributed by atoms with Crippen molar-refractivity contribution in [3.05, 3.63) is 164 Å². The quantitative estimate of drug-likeness (QED) is 0.178. The Hall–Kier alpha value is -6.36. The lowest BCUT2D eigenvalue weighted by molar-refractivity contribution is 1.05. The van der Waals surface area contributed by atoms with Crippen LogP contribution in [0, 0.1) is 0 Å². The van der Waals surface area contributed by atoms with E-state index in [9.17, 15) is 0 Å². The molecular formula is C46H27N3S. The molecule has 0 aliphatic heterocycles. The van der Waals surface area contributed by atoms with Gasteiger partial charge in [-0.1, -0.05) is 152 Å². The van der Waals surface area contributed by atoms with Crippen LogP contribution < -0.4 is 0 Å². The van der Waals surface area contributed by atoms with Gasteiger partial charge < -0.3 is 0 Å². The lowest BCUT2D eigenvalue weighted by atomic mass is 9.94. The smallest absolute Gasteiger partial charge is 0.162 e. The Bertz CT molecular complexity index is 3080. The van der Waals surface area contributed by atoms with Gasteiger partial charge in [-0.3, -0.25) is 4.57 Å². The molecule has 3 nitrogen and oxygen atoms in total. The van der Waals surface area contributed by atoms with E-state index < -0.39 is 0 Å². The fraction of sp³-hybridized carbons (Fsp3) is 0. The third-order valence-corrected chi connectivity index (χ3v) is 11.4. The second-order valence-electron chi connectivity index (χ2n) is 12.9. The average Bonchev–Trinajstić information content (AvgIpc) is 3.76. The van der Waals surface area contributed by atoms with Crippen LogP contribution in [0.25, 0.3) is 103 Å². The van der Waals surface area contributed by atoms with Crippen LogP contribution in [-0.2, 0) is 0 Å². The summed E-state index contributed by atoms with van der Waals surface area (Å²) in [5.74, 6) is 1.55. The van der Waals surface area contributed by atoms with Crippen molar-refractivity contribution in [3.63, 3.8) is 0 Å². The molecule has 232 valence electrons. The number of benzene rings is 8. The summed E-state index contributed by atoms with van der Waals surface area (Å²) >= 11 is 1.89. The molecule has 11 rings (SSSR count). The number of aromatic nitrogens is 3. The Morgan fingerprint density at radius 2 is 0.920 bits per heavy atom. The van der Waals surface area contributed by atoms with Crippen LogP contribution in [0.3, 0.4) is 0 Å². The summed E-state index contributed by atoms with van der Waals surface area (Å²) in [6.07, 6.45) is 0. The van der Waals surface area contributed by atoms with Gasteiger partial charge in [-0.15, -0.1) is 11.3 Å². The molecule has 0 bridgehead atoms. The monoisotopic (exact) mass is 653 g/mol. The molecule has 3 heterocycles. The molecule has 0 radical (unpaired) electrons. The Balaban J connectivity index is 1.46. The van der Waals surface area contributed by atoms with E-state index in [0.717, 1.165) is 22.6 Å². The van der Waals surface area contributed by atoms with Crippen LogP contribution >= 0.6 is 11.3 Å². The van der Waals surface area contributed by atoms with Crippen molar-refractivity contribution in [2.75, 3.05) is 0 Å². The molecule has 11 aromatic rings. The van der Waals surface area contributed by atoms with E-state index in [1.54, 1.807) is 0 Å². The number of thiophene rings is 1. The highest BCUT2D eigenvalue weighted by molar-refractivity contribution is 7.27. The minimum atomic E-state index is 0.702. The molecule has 0 fully saturated rings. The van der Waals surface area contributed by atoms with Crippen LogP contribution in [-0.4, -0.2) is 14.5 Å². The van der Waals surface area contributed by atoms with Gasteiger partial charge in [-0.05, 0) is 22.2 Å². The van der Waals surface area contributed by atoms with Gasteiger partial charge in [0.15, 0.2) is 5.82 Å². The standard InChI is InChI=1S/C46H27N3S/c1-3-15-28(16-4-1)37-27-39(48-46(47-37)29-17-5-2-6-18-29)49-43-33-22-10-8-20-31(33)30-19-7-9-21-32(30)40(43)42-41-36-25-13-14-26-38(36)50-45(41)35-24-12-11-23-34(35)44(42)49/h1-27H. The van der Waals surface area contributed by atoms with E-state index in [1.165, 1.54) is 74.3 Å². The normalized spacial score (nSPS) is 12.0. The van der Waals surface area contributed by atoms with Crippen molar-refractivity contribution in [2.24, 2.45) is 0 Å². The fourth-order valence-electron chi connectivity index (χ4n) is 8.07. The van der Waals surface area contributed by atoms with Crippen molar-refractivity contribution < 1.29 is 0 Å². The number of fused-ring (bicyclic) bond motifs is 15. The van der Waals surface area contributed by atoms with Gasteiger partial charge >= 0.3 is 0 Å². The summed E-state index contributed by atoms with van der Waals surface area (Å²) < 4.78 is 5.07. The van der Waals surface area contributed by atoms with Gasteiger partial charge in [0.2, 0.25) is 0 Å². The zero-order chi connectivity index (χ0) is 32.8. The minimum absolute atomic E-state index is 0.702. The van der Waals surface area contributed by atoms with Crippen molar-refractivity contribution in [1.29, 1.82) is 0 Å². The maximum atomic E-state index is 5.45. The summed E-state index contributed by atoms with van der Waals surface area (Å²) in [4.78, 5) is 10.6. The van der Waals surface area contributed by atoms with Gasteiger partial charge in [0, 0.05) is 64.3 Å². The lowest BCUT2D eigenvalue weighted by Crippen LogP contribution is -2.03. The van der Waals surface area contributed by atoms with E-state index in [1.807, 2.05) is 17.4 Å². The van der Waals surface area contributed by atoms with Gasteiger partial charge in [0.1, 0.15) is 5.82 Å². The molecular weight excluding hydrogens is 627 g/mol. The van der Waals surface area contributed by atoms with Crippen LogP contribution in [0.4, 0.5) is 0 Å². The molecule has 8 aromatic carbocycles. The molecule has 3 aromatic heterocycles. The first-order valence-electron chi connectivity index (χ1n) is 16.9. The van der Waals surface area contributed by atoms with E-state index in [0.29, 0.717) is 5.82 Å². The predicted octanol–water partition coefficient (Wildman–Crippen LogP) is 12.7. The average molecular weight is 654 g/mol. The third kappa shape index (κ3) is 3.85. The molecule has 0 unspecified atom stereocenters. The van der Waals surface area contributed by atoms with Crippen molar-refractivity contribution in [1.82, 2.24) is 14.5 Å². The minimum Gasteiger partial charge on any atom is -0.292 e. The van der Waals surface area contributed by atoms with E-state index >= 15 is 0 Å². The number of hydrogen-bond donors (Lipinski definition) is 0. The predicted molar refractivity (Wildman–Crippen MR) is 213 cm³/mol. The summed E-state index contributed by atoms with van der Waals surface area (Å²) in [6.45, 7) is 0. The maximum Gasteiger partial charge on any atom is 0.162 e. The van der Waals surface area contributed by atoms with Crippen molar-refractivity contribution >= 4 is 85.6 Å². The maximum absolute atomic E-state index is 5.45. The molecule has 0 spiro atoms. The topological polar surface area (TPSA) is 30.7 Å². The third-order valence-electron chi connectivity index (χ3n) is 10.2. The number of rotatable bonds is 3. The highest BCUT2D eigenvalue weighted by atomic mass is 32.1. The number of hydrogen-bond acceptors (Lipinski definition) is 3. The molecule has 0 N–H and O–H groups in total. The van der Waals surface area contributed by atoms with Gasteiger partial charge in [0.25, 0.3) is 0 Å². The molecule has 0 saturated heterocycles. The Kier molecular flexibility index (Phi) is 5.83. The molecule has 0 atom stereocenters. The van der Waals surface area contributed by atoms with Crippen molar-refractivity contribution in [2.45, 2.75) is 0 Å². The summed E-state index contributed by atoms with van der Waals surface area (Å²) in [5.41, 5.74) is 5.27. The molecule has 0 amide bonds. The summed E-state index contributed by atoms with van der Waals surface area (Å²) in [5, 5.41) is 12.5. The highest BCUT2D eigenvalue weighted by Gasteiger charge is 2.26. The summed E-state index contributed by atoms with van der Waals surface area (Å²) in [6, 6.07) is 58.5. The van der Waals surface area contributed by atoms with Crippen LogP contribution in [0.5, 0.6) is 0 Å². The zero-order valence-corrected chi connectivity index (χ0v) is 27.7. The van der Waals surface area contributed by atoms with Crippen LogP contribution in [0.1, 0.15) is 0 Å². The first-order chi connectivity index (χ1) is 24.8. The Morgan fingerprint density at radius 1 is 0.400 bits per heavy atom. The largest absolute Gasteiger partial charge is 0.292 e. The second-order valence-corrected chi connectivity index (χ2v) is 13.9. The fourth-order valence-corrected chi connectivity index (χ4v) is 9.32. The Morgan fingerprint density at radius 3 is 1.64 bits per heavy atom. The highest BCUT2D eigenvalue weighted by Crippen LogP contribution is 2.51. The molecule has 0 aliphatic rings.